The molecule has 3 saturated heterocycles. The van der Waals surface area contributed by atoms with Gasteiger partial charge in [-0.3, -0.25) is 0 Å². The number of hydrogen-bond acceptors (Lipinski definition) is 8. The Bertz CT molecular complexity index is 985. The van der Waals surface area contributed by atoms with Crippen molar-refractivity contribution in [2.24, 2.45) is 11.8 Å². The van der Waals surface area contributed by atoms with Crippen LogP contribution in [0.3, 0.4) is 0 Å². The molecule has 9 nitrogen and oxygen atoms in total. The van der Waals surface area contributed by atoms with Crippen LogP contribution in [0.15, 0.2) is 6.33 Å². The number of halogens is 2. The number of likely N-dealkylation sites (tertiary alicyclic amines) is 1. The number of ether oxygens (including phenoxy) is 2. The van der Waals surface area contributed by atoms with Crippen molar-refractivity contribution in [3.63, 3.8) is 0 Å². The number of rotatable bonds is 8. The second kappa shape index (κ2) is 11.6. The summed E-state index contributed by atoms with van der Waals surface area (Å²) in [4.78, 5) is 24.7. The molecule has 0 aromatic carbocycles. The molecule has 0 aliphatic carbocycles. The van der Waals surface area contributed by atoms with E-state index in [1.54, 1.807) is 4.90 Å². The van der Waals surface area contributed by atoms with E-state index in [1.165, 1.54) is 6.33 Å². The number of carbonyl (C=O) groups excluding carboxylic acids is 1. The van der Waals surface area contributed by atoms with Gasteiger partial charge in [-0.2, -0.15) is 0 Å². The van der Waals surface area contributed by atoms with E-state index in [0.29, 0.717) is 45.1 Å². The summed E-state index contributed by atoms with van der Waals surface area (Å²) in [6.07, 6.45) is 3.63. The number of piperidine rings is 1. The average Bonchev–Trinajstić information content (AvgIpc) is 3.69. The molecule has 38 heavy (non-hydrogen) atoms. The van der Waals surface area contributed by atoms with Crippen LogP contribution in [0.2, 0.25) is 0 Å². The van der Waals surface area contributed by atoms with Gasteiger partial charge < -0.3 is 4.74 Å². The molecule has 4 rings (SSSR count). The van der Waals surface area contributed by atoms with Gasteiger partial charge in [-0.15, -0.1) is 0 Å². The zero-order valence-electron chi connectivity index (χ0n) is 23.6. The van der Waals surface area contributed by atoms with Crippen LogP contribution >= 0.6 is 0 Å². The minimum absolute atomic E-state index is 0.0730. The number of alkyl halides is 1. The molecular formula is C26H43BFIN5O4-. The first kappa shape index (κ1) is 29.6. The van der Waals surface area contributed by atoms with Crippen molar-refractivity contribution in [3.8, 4) is 0 Å². The Morgan fingerprint density at radius 2 is 2.13 bits per heavy atom. The van der Waals surface area contributed by atoms with Gasteiger partial charge in [0.1, 0.15) is 0 Å². The normalized spacial score (nSPS) is 27.4. The van der Waals surface area contributed by atoms with E-state index >= 15 is 4.39 Å². The summed E-state index contributed by atoms with van der Waals surface area (Å²) in [7, 11) is 0. The van der Waals surface area contributed by atoms with Crippen LogP contribution < -0.4 is 31.2 Å². The summed E-state index contributed by atoms with van der Waals surface area (Å²) in [6, 6.07) is 0. The van der Waals surface area contributed by atoms with E-state index in [-0.39, 0.29) is 61.4 Å². The maximum absolute atomic E-state index is 15.6. The van der Waals surface area contributed by atoms with Crippen molar-refractivity contribution in [2.75, 3.05) is 53.9 Å². The Morgan fingerprint density at radius 1 is 1.39 bits per heavy atom. The summed E-state index contributed by atoms with van der Waals surface area (Å²) in [6.45, 7) is 14.8. The van der Waals surface area contributed by atoms with Crippen molar-refractivity contribution in [3.05, 3.63) is 12.1 Å². The van der Waals surface area contributed by atoms with E-state index in [9.17, 15) is 9.90 Å². The summed E-state index contributed by atoms with van der Waals surface area (Å²) in [5.41, 5.74) is -1.68. The predicted molar refractivity (Wildman–Crippen MR) is 143 cm³/mol. The van der Waals surface area contributed by atoms with E-state index < -0.39 is 16.9 Å². The minimum atomic E-state index is -0.994. The fourth-order valence-electron chi connectivity index (χ4n) is 5.30. The van der Waals surface area contributed by atoms with Crippen LogP contribution in [0.5, 0.6) is 0 Å². The van der Waals surface area contributed by atoms with E-state index in [2.05, 4.69) is 29.1 Å². The number of amides is 1. The van der Waals surface area contributed by atoms with Crippen LogP contribution in [0, 0.1) is 17.7 Å². The molecule has 1 aromatic heterocycles. The summed E-state index contributed by atoms with van der Waals surface area (Å²) >= 11 is -0.0730. The van der Waals surface area contributed by atoms with E-state index in [4.69, 9.17) is 9.47 Å². The molecule has 1 amide bonds. The van der Waals surface area contributed by atoms with Crippen molar-refractivity contribution in [1.29, 1.82) is 0 Å². The van der Waals surface area contributed by atoms with Crippen molar-refractivity contribution >= 4 is 22.3 Å². The predicted octanol–water partition coefficient (Wildman–Crippen LogP) is 0.220. The molecule has 3 aliphatic heterocycles. The summed E-state index contributed by atoms with van der Waals surface area (Å²) in [5.74, 6) is 0.173. The monoisotopic (exact) mass is 646 g/mol. The number of aliphatic hydroxyl groups is 1. The van der Waals surface area contributed by atoms with E-state index in [1.807, 2.05) is 32.6 Å². The van der Waals surface area contributed by atoms with Gasteiger partial charge in [-0.05, 0) is 20.3 Å². The van der Waals surface area contributed by atoms with Gasteiger partial charge in [0.05, 0.1) is 5.60 Å². The Labute approximate surface area is 236 Å². The molecule has 214 valence electrons. The summed E-state index contributed by atoms with van der Waals surface area (Å²) in [5, 5.41) is 14.9. The molecule has 3 fully saturated rings. The van der Waals surface area contributed by atoms with Gasteiger partial charge in [0.2, 0.25) is 0 Å². The zero-order valence-corrected chi connectivity index (χ0v) is 25.8. The molecule has 3 aliphatic rings. The van der Waals surface area contributed by atoms with Gasteiger partial charge in [-0.1, -0.05) is 0 Å². The topological polar surface area (TPSA) is 100 Å². The van der Waals surface area contributed by atoms with Gasteiger partial charge in [-0.25, -0.2) is 0 Å². The van der Waals surface area contributed by atoms with Crippen molar-refractivity contribution < 1.29 is 44.8 Å². The molecular weight excluding hydrogens is 603 g/mol. The number of anilines is 2. The van der Waals surface area contributed by atoms with Gasteiger partial charge in [0.15, 0.2) is 0 Å². The van der Waals surface area contributed by atoms with Crippen LogP contribution in [0.4, 0.5) is 20.8 Å². The number of hydrogen-bond donors (Lipinski definition) is 2. The van der Waals surface area contributed by atoms with Gasteiger partial charge in [0, 0.05) is 0 Å². The molecule has 3 atom stereocenters. The number of nitrogens with one attached hydrogen (secondary N) is 1. The first-order chi connectivity index (χ1) is 17.8. The summed E-state index contributed by atoms with van der Waals surface area (Å²) < 4.78 is 28.5. The van der Waals surface area contributed by atoms with Crippen LogP contribution in [0.1, 0.15) is 60.8 Å². The van der Waals surface area contributed by atoms with Crippen molar-refractivity contribution in [2.45, 2.75) is 77.5 Å². The number of aromatic nitrogens is 2. The molecule has 2 N–H and O–H groups in total. The van der Waals surface area contributed by atoms with Crippen molar-refractivity contribution in [1.82, 2.24) is 14.9 Å². The molecule has 0 radical (unpaired) electrons. The van der Waals surface area contributed by atoms with Crippen LogP contribution in [-0.4, -0.2) is 91.0 Å². The van der Waals surface area contributed by atoms with Gasteiger partial charge >= 0.3 is 207 Å². The number of nitrogens with zero attached hydrogens (tertiary/aromatic N) is 4. The number of β-amino-alcohol motifs (C(OH)–C–C–N with tert-alkyl or cyclic N) is 1. The van der Waals surface area contributed by atoms with Crippen LogP contribution in [-0.2, 0) is 9.47 Å². The molecule has 0 unspecified atom stereocenters. The SMILES string of the molecule is CCN(C[C@H]1CCC(C)(C)OC1)c1ncnc(NC[C@@H]2CCN(C(=O)OC(C)(C)C)C[C@@]2(O)B2C[I-]2)c1F. The molecule has 4 heterocycles. The van der Waals surface area contributed by atoms with E-state index in [0.717, 1.165) is 17.2 Å². The Hall–Kier alpha value is -1.41. The maximum atomic E-state index is 15.6. The standard InChI is InChI=1S/C26H43BFIN5O4/c1-7-33(13-18-8-10-25(5,6)37-14-18)22-20(28)21(31-17-32-22)30-12-19-9-11-34(23(35)38-24(2,3)4)15-26(19,36)27-16-29-27/h17-19,36H,7-16H2,1-6H3,(H,30,31,32)/q-1/t18-,19+,26+/m1/s1. The quantitative estimate of drug-likeness (QED) is 0.235. The van der Waals surface area contributed by atoms with Gasteiger partial charge in [0.25, 0.3) is 0 Å². The Morgan fingerprint density at radius 3 is 2.74 bits per heavy atom. The zero-order chi connectivity index (χ0) is 27.7. The fraction of sp³-hybridized carbons (Fsp3) is 0.808. The molecule has 1 aromatic rings. The molecule has 0 saturated carbocycles. The Kier molecular flexibility index (Phi) is 9.03. The third kappa shape index (κ3) is 7.21. The Balaban J connectivity index is 1.40. The third-order valence-electron chi connectivity index (χ3n) is 7.71. The first-order valence-corrected chi connectivity index (χ1v) is 16.5. The molecule has 0 spiro atoms. The number of carbonyl (C=O) groups is 1. The first-order valence-electron chi connectivity index (χ1n) is 13.7. The third-order valence-corrected chi connectivity index (χ3v) is 10.6. The molecule has 12 heteroatoms. The second-order valence-corrected chi connectivity index (χ2v) is 15.7. The fourth-order valence-corrected chi connectivity index (χ4v) is 7.78. The van der Waals surface area contributed by atoms with Crippen LogP contribution in [0.25, 0.3) is 0 Å². The molecule has 0 bridgehead atoms. The second-order valence-electron chi connectivity index (χ2n) is 12.4. The average molecular weight is 646 g/mol.